The van der Waals surface area contributed by atoms with Gasteiger partial charge in [-0.05, 0) is 51.0 Å². The van der Waals surface area contributed by atoms with E-state index < -0.39 is 0 Å². The molecule has 3 nitrogen and oxygen atoms in total. The van der Waals surface area contributed by atoms with Gasteiger partial charge in [-0.2, -0.15) is 0 Å². The number of hydrogen-bond donors (Lipinski definition) is 1. The molecule has 0 spiro atoms. The van der Waals surface area contributed by atoms with Crippen LogP contribution in [0.5, 0.6) is 0 Å². The standard InChI is InChI=1S/C17H30N2O/c1-5-11-18-12-10-16-6-8-17(9-7-16)13-19(3)15(2)14-20-4/h6-9,15,18H,5,10-14H2,1-4H3. The Hall–Kier alpha value is -0.900. The van der Waals surface area contributed by atoms with Crippen molar-refractivity contribution in [3.63, 3.8) is 0 Å². The lowest BCUT2D eigenvalue weighted by Gasteiger charge is -2.24. The minimum atomic E-state index is 0.443. The second kappa shape index (κ2) is 9.92. The zero-order valence-corrected chi connectivity index (χ0v) is 13.5. The first-order chi connectivity index (χ1) is 9.67. The van der Waals surface area contributed by atoms with Crippen LogP contribution in [0.1, 0.15) is 31.4 Å². The maximum Gasteiger partial charge on any atom is 0.0615 e. The van der Waals surface area contributed by atoms with Gasteiger partial charge in [0.05, 0.1) is 6.61 Å². The first-order valence-electron chi connectivity index (χ1n) is 7.65. The molecule has 1 atom stereocenters. The highest BCUT2D eigenvalue weighted by Gasteiger charge is 2.08. The van der Waals surface area contributed by atoms with E-state index in [-0.39, 0.29) is 0 Å². The average molecular weight is 278 g/mol. The molecule has 0 aliphatic heterocycles. The summed E-state index contributed by atoms with van der Waals surface area (Å²) in [7, 11) is 3.90. The van der Waals surface area contributed by atoms with E-state index in [2.05, 4.69) is 55.4 Å². The van der Waals surface area contributed by atoms with Gasteiger partial charge >= 0.3 is 0 Å². The molecule has 1 aromatic carbocycles. The van der Waals surface area contributed by atoms with Crippen molar-refractivity contribution >= 4 is 0 Å². The van der Waals surface area contributed by atoms with Crippen molar-refractivity contribution in [2.75, 3.05) is 33.9 Å². The van der Waals surface area contributed by atoms with Crippen molar-refractivity contribution in [3.8, 4) is 0 Å². The molecule has 1 aromatic rings. The number of ether oxygens (including phenoxy) is 1. The number of methoxy groups -OCH3 is 1. The highest BCUT2D eigenvalue weighted by molar-refractivity contribution is 5.22. The molecular weight excluding hydrogens is 248 g/mol. The van der Waals surface area contributed by atoms with Crippen LogP contribution in [0.4, 0.5) is 0 Å². The Morgan fingerprint density at radius 1 is 1.15 bits per heavy atom. The van der Waals surface area contributed by atoms with Gasteiger partial charge < -0.3 is 10.1 Å². The predicted molar refractivity (Wildman–Crippen MR) is 86.1 cm³/mol. The van der Waals surface area contributed by atoms with Gasteiger partial charge in [0.25, 0.3) is 0 Å². The average Bonchev–Trinajstić information content (AvgIpc) is 2.45. The molecule has 0 aromatic heterocycles. The fraction of sp³-hybridized carbons (Fsp3) is 0.647. The van der Waals surface area contributed by atoms with E-state index in [0.29, 0.717) is 6.04 Å². The maximum atomic E-state index is 5.20. The lowest BCUT2D eigenvalue weighted by molar-refractivity contribution is 0.112. The largest absolute Gasteiger partial charge is 0.383 e. The van der Waals surface area contributed by atoms with Crippen LogP contribution in [0.2, 0.25) is 0 Å². The van der Waals surface area contributed by atoms with Crippen molar-refractivity contribution in [2.24, 2.45) is 0 Å². The highest BCUT2D eigenvalue weighted by Crippen LogP contribution is 2.09. The minimum absolute atomic E-state index is 0.443. The van der Waals surface area contributed by atoms with Crippen molar-refractivity contribution in [2.45, 2.75) is 39.3 Å². The summed E-state index contributed by atoms with van der Waals surface area (Å²) in [6.07, 6.45) is 2.31. The third-order valence-corrected chi connectivity index (χ3v) is 3.63. The molecule has 0 aliphatic rings. The van der Waals surface area contributed by atoms with Gasteiger partial charge in [0.15, 0.2) is 0 Å². The van der Waals surface area contributed by atoms with E-state index in [1.807, 2.05) is 0 Å². The third-order valence-electron chi connectivity index (χ3n) is 3.63. The van der Waals surface area contributed by atoms with E-state index >= 15 is 0 Å². The summed E-state index contributed by atoms with van der Waals surface area (Å²) in [4.78, 5) is 2.32. The Balaban J connectivity index is 2.38. The van der Waals surface area contributed by atoms with Gasteiger partial charge in [-0.15, -0.1) is 0 Å². The lowest BCUT2D eigenvalue weighted by atomic mass is 10.1. The van der Waals surface area contributed by atoms with Crippen molar-refractivity contribution in [1.29, 1.82) is 0 Å². The quantitative estimate of drug-likeness (QED) is 0.666. The Labute approximate surface area is 124 Å². The fourth-order valence-electron chi connectivity index (χ4n) is 2.16. The Bertz CT molecular complexity index is 351. The molecule has 3 heteroatoms. The molecule has 20 heavy (non-hydrogen) atoms. The minimum Gasteiger partial charge on any atom is -0.383 e. The van der Waals surface area contributed by atoms with Crippen LogP contribution < -0.4 is 5.32 Å². The molecule has 114 valence electrons. The molecule has 0 fully saturated rings. The number of benzene rings is 1. The molecule has 1 N–H and O–H groups in total. The predicted octanol–water partition coefficient (Wildman–Crippen LogP) is 2.70. The van der Waals surface area contributed by atoms with Crippen molar-refractivity contribution in [3.05, 3.63) is 35.4 Å². The van der Waals surface area contributed by atoms with Crippen LogP contribution in [-0.2, 0) is 17.7 Å². The molecule has 0 saturated carbocycles. The fourth-order valence-corrected chi connectivity index (χ4v) is 2.16. The van der Waals surface area contributed by atoms with Gasteiger partial charge in [0.1, 0.15) is 0 Å². The van der Waals surface area contributed by atoms with Gasteiger partial charge in [-0.25, -0.2) is 0 Å². The summed E-state index contributed by atoms with van der Waals surface area (Å²) >= 11 is 0. The summed E-state index contributed by atoms with van der Waals surface area (Å²) < 4.78 is 5.20. The van der Waals surface area contributed by atoms with Crippen LogP contribution in [0.25, 0.3) is 0 Å². The summed E-state index contributed by atoms with van der Waals surface area (Å²) in [6.45, 7) is 8.31. The molecule has 0 amide bonds. The molecule has 0 heterocycles. The first-order valence-corrected chi connectivity index (χ1v) is 7.65. The van der Waals surface area contributed by atoms with E-state index in [0.717, 1.165) is 32.7 Å². The van der Waals surface area contributed by atoms with Crippen molar-refractivity contribution in [1.82, 2.24) is 10.2 Å². The maximum absolute atomic E-state index is 5.20. The van der Waals surface area contributed by atoms with Gasteiger partial charge in [0, 0.05) is 19.7 Å². The second-order valence-corrected chi connectivity index (χ2v) is 5.54. The number of likely N-dealkylation sites (N-methyl/N-ethyl adjacent to an activating group) is 1. The number of hydrogen-bond acceptors (Lipinski definition) is 3. The van der Waals surface area contributed by atoms with Crippen molar-refractivity contribution < 1.29 is 4.74 Å². The normalized spacial score (nSPS) is 12.8. The van der Waals surface area contributed by atoms with Crippen LogP contribution >= 0.6 is 0 Å². The zero-order chi connectivity index (χ0) is 14.8. The molecule has 1 rings (SSSR count). The Morgan fingerprint density at radius 3 is 2.40 bits per heavy atom. The molecule has 1 unspecified atom stereocenters. The van der Waals surface area contributed by atoms with Crippen LogP contribution in [0.15, 0.2) is 24.3 Å². The number of rotatable bonds is 10. The molecule has 0 saturated heterocycles. The van der Waals surface area contributed by atoms with Gasteiger partial charge in [0.2, 0.25) is 0 Å². The molecular formula is C17H30N2O. The van der Waals surface area contributed by atoms with Crippen LogP contribution in [-0.4, -0.2) is 44.8 Å². The Morgan fingerprint density at radius 2 is 1.80 bits per heavy atom. The highest BCUT2D eigenvalue weighted by atomic mass is 16.5. The summed E-state index contributed by atoms with van der Waals surface area (Å²) in [5.74, 6) is 0. The molecule has 0 radical (unpaired) electrons. The van der Waals surface area contributed by atoms with Gasteiger partial charge in [-0.1, -0.05) is 31.2 Å². The lowest BCUT2D eigenvalue weighted by Crippen LogP contribution is -2.32. The number of nitrogens with zero attached hydrogens (tertiary/aromatic N) is 1. The molecule has 0 aliphatic carbocycles. The summed E-state index contributed by atoms with van der Waals surface area (Å²) in [6, 6.07) is 9.42. The summed E-state index contributed by atoms with van der Waals surface area (Å²) in [5, 5.41) is 3.44. The topological polar surface area (TPSA) is 24.5 Å². The van der Waals surface area contributed by atoms with E-state index in [1.165, 1.54) is 17.5 Å². The first kappa shape index (κ1) is 17.2. The van der Waals surface area contributed by atoms with E-state index in [1.54, 1.807) is 7.11 Å². The smallest absolute Gasteiger partial charge is 0.0615 e. The SMILES string of the molecule is CCCNCCc1ccc(CN(C)C(C)COC)cc1. The Kier molecular flexibility index (Phi) is 8.51. The van der Waals surface area contributed by atoms with E-state index in [9.17, 15) is 0 Å². The second-order valence-electron chi connectivity index (χ2n) is 5.54. The zero-order valence-electron chi connectivity index (χ0n) is 13.5. The van der Waals surface area contributed by atoms with Crippen LogP contribution in [0.3, 0.4) is 0 Å². The van der Waals surface area contributed by atoms with Crippen LogP contribution in [0, 0.1) is 0 Å². The summed E-state index contributed by atoms with van der Waals surface area (Å²) in [5.41, 5.74) is 2.77. The third kappa shape index (κ3) is 6.51. The molecule has 0 bridgehead atoms. The van der Waals surface area contributed by atoms with Gasteiger partial charge in [-0.3, -0.25) is 4.90 Å². The van der Waals surface area contributed by atoms with E-state index in [4.69, 9.17) is 4.74 Å². The monoisotopic (exact) mass is 278 g/mol. The number of nitrogens with one attached hydrogen (secondary N) is 1.